The van der Waals surface area contributed by atoms with Crippen LogP contribution in [-0.4, -0.2) is 16.6 Å². The molecule has 0 saturated heterocycles. The summed E-state index contributed by atoms with van der Waals surface area (Å²) >= 11 is 0. The largest absolute Gasteiger partial charge is 0.477 e. The molecule has 0 saturated carbocycles. The highest BCUT2D eigenvalue weighted by Gasteiger charge is 2.14. The van der Waals surface area contributed by atoms with E-state index in [1.165, 1.54) is 12.7 Å². The summed E-state index contributed by atoms with van der Waals surface area (Å²) in [6.07, 6.45) is 3.80. The molecule has 0 bridgehead atoms. The fourth-order valence-corrected chi connectivity index (χ4v) is 1.85. The van der Waals surface area contributed by atoms with Crippen LogP contribution in [0.2, 0.25) is 0 Å². The molecule has 0 aliphatic heterocycles. The van der Waals surface area contributed by atoms with Crippen LogP contribution < -0.4 is 10.5 Å². The number of ether oxygens (including phenoxy) is 1. The van der Waals surface area contributed by atoms with E-state index in [0.29, 0.717) is 24.2 Å². The third-order valence-corrected chi connectivity index (χ3v) is 2.74. The van der Waals surface area contributed by atoms with Crippen molar-refractivity contribution < 1.29 is 4.74 Å². The quantitative estimate of drug-likeness (QED) is 0.826. The molecule has 2 N–H and O–H groups in total. The van der Waals surface area contributed by atoms with Crippen molar-refractivity contribution in [1.29, 1.82) is 0 Å². The number of nitrogens with two attached hydrogens (primary N) is 1. The van der Waals surface area contributed by atoms with Gasteiger partial charge < -0.3 is 10.5 Å². The van der Waals surface area contributed by atoms with Gasteiger partial charge in [-0.3, -0.25) is 0 Å². The lowest BCUT2D eigenvalue weighted by atomic mass is 10.1. The topological polar surface area (TPSA) is 61.0 Å². The summed E-state index contributed by atoms with van der Waals surface area (Å²) in [5.74, 6) is 1.97. The highest BCUT2D eigenvalue weighted by atomic mass is 16.5. The normalized spacial score (nSPS) is 12.8. The van der Waals surface area contributed by atoms with Gasteiger partial charge in [0.05, 0.1) is 12.2 Å². The smallest absolute Gasteiger partial charge is 0.222 e. The highest BCUT2D eigenvalue weighted by Crippen LogP contribution is 2.28. The van der Waals surface area contributed by atoms with Crippen molar-refractivity contribution in [3.05, 3.63) is 11.9 Å². The SMILES string of the molecule is CCCC(C)COc1ncnc(N)c1C(C)C. The number of aromatic nitrogens is 2. The van der Waals surface area contributed by atoms with Crippen molar-refractivity contribution in [2.75, 3.05) is 12.3 Å². The Morgan fingerprint density at radius 1 is 1.29 bits per heavy atom. The fraction of sp³-hybridized carbons (Fsp3) is 0.692. The Hall–Kier alpha value is -1.32. The zero-order valence-electron chi connectivity index (χ0n) is 11.2. The zero-order valence-corrected chi connectivity index (χ0v) is 11.2. The van der Waals surface area contributed by atoms with E-state index in [0.717, 1.165) is 12.0 Å². The molecule has 1 unspecified atom stereocenters. The minimum atomic E-state index is 0.271. The summed E-state index contributed by atoms with van der Waals surface area (Å²) in [7, 11) is 0. The van der Waals surface area contributed by atoms with Crippen molar-refractivity contribution in [2.24, 2.45) is 5.92 Å². The van der Waals surface area contributed by atoms with Gasteiger partial charge in [0.2, 0.25) is 5.88 Å². The maximum Gasteiger partial charge on any atom is 0.222 e. The number of hydrogen-bond donors (Lipinski definition) is 1. The third-order valence-electron chi connectivity index (χ3n) is 2.74. The zero-order chi connectivity index (χ0) is 12.8. The lowest BCUT2D eigenvalue weighted by molar-refractivity contribution is 0.240. The summed E-state index contributed by atoms with van der Waals surface area (Å²) in [4.78, 5) is 8.19. The second-order valence-electron chi connectivity index (χ2n) is 4.84. The van der Waals surface area contributed by atoms with Gasteiger partial charge in [0, 0.05) is 0 Å². The summed E-state index contributed by atoms with van der Waals surface area (Å²) in [6.45, 7) is 9.18. The summed E-state index contributed by atoms with van der Waals surface area (Å²) in [5.41, 5.74) is 6.77. The Bertz CT molecular complexity index is 353. The predicted molar refractivity (Wildman–Crippen MR) is 70.1 cm³/mol. The first kappa shape index (κ1) is 13.7. The van der Waals surface area contributed by atoms with E-state index in [4.69, 9.17) is 10.5 Å². The third kappa shape index (κ3) is 3.88. The molecule has 0 aliphatic rings. The van der Waals surface area contributed by atoms with Gasteiger partial charge in [-0.05, 0) is 18.3 Å². The maximum atomic E-state index is 5.86. The monoisotopic (exact) mass is 237 g/mol. The van der Waals surface area contributed by atoms with Crippen LogP contribution in [0, 0.1) is 5.92 Å². The molecule has 4 nitrogen and oxygen atoms in total. The lowest BCUT2D eigenvalue weighted by Crippen LogP contribution is -2.12. The van der Waals surface area contributed by atoms with Crippen LogP contribution in [0.25, 0.3) is 0 Å². The van der Waals surface area contributed by atoms with E-state index >= 15 is 0 Å². The molecule has 17 heavy (non-hydrogen) atoms. The van der Waals surface area contributed by atoms with Crippen LogP contribution in [0.5, 0.6) is 5.88 Å². The Balaban J connectivity index is 2.73. The second kappa shape index (κ2) is 6.42. The van der Waals surface area contributed by atoms with Crippen LogP contribution in [0.4, 0.5) is 5.82 Å². The van der Waals surface area contributed by atoms with Gasteiger partial charge >= 0.3 is 0 Å². The molecule has 1 atom stereocenters. The Labute approximate surface area is 104 Å². The minimum absolute atomic E-state index is 0.271. The number of nitrogen functional groups attached to an aromatic ring is 1. The highest BCUT2D eigenvalue weighted by molar-refractivity contribution is 5.46. The molecular formula is C13H23N3O. The van der Waals surface area contributed by atoms with E-state index in [9.17, 15) is 0 Å². The van der Waals surface area contributed by atoms with Crippen molar-refractivity contribution in [1.82, 2.24) is 9.97 Å². The first-order valence-electron chi connectivity index (χ1n) is 6.29. The predicted octanol–water partition coefficient (Wildman–Crippen LogP) is 3.00. The molecular weight excluding hydrogens is 214 g/mol. The summed E-state index contributed by atoms with van der Waals surface area (Å²) in [5, 5.41) is 0. The molecule has 0 aromatic carbocycles. The van der Waals surface area contributed by atoms with E-state index < -0.39 is 0 Å². The molecule has 0 aliphatic carbocycles. The number of nitrogens with zero attached hydrogens (tertiary/aromatic N) is 2. The first-order chi connectivity index (χ1) is 8.06. The molecule has 4 heteroatoms. The van der Waals surface area contributed by atoms with Gasteiger partial charge in [-0.2, -0.15) is 0 Å². The average molecular weight is 237 g/mol. The Kier molecular flexibility index (Phi) is 5.19. The standard InChI is InChI=1S/C13H23N3O/c1-5-6-10(4)7-17-13-11(9(2)3)12(14)15-8-16-13/h8-10H,5-7H2,1-4H3,(H2,14,15,16). The fourth-order valence-electron chi connectivity index (χ4n) is 1.85. The molecule has 0 radical (unpaired) electrons. The maximum absolute atomic E-state index is 5.86. The van der Waals surface area contributed by atoms with E-state index in [1.807, 2.05) is 0 Å². The summed E-state index contributed by atoms with van der Waals surface area (Å²) < 4.78 is 5.76. The van der Waals surface area contributed by atoms with Crippen LogP contribution in [0.15, 0.2) is 6.33 Å². The van der Waals surface area contributed by atoms with Crippen molar-refractivity contribution >= 4 is 5.82 Å². The van der Waals surface area contributed by atoms with Gasteiger partial charge in [0.1, 0.15) is 12.1 Å². The molecule has 1 aromatic heterocycles. The average Bonchev–Trinajstić information content (AvgIpc) is 2.26. The van der Waals surface area contributed by atoms with Gasteiger partial charge in [-0.15, -0.1) is 0 Å². The Morgan fingerprint density at radius 3 is 2.59 bits per heavy atom. The van der Waals surface area contributed by atoms with E-state index in [-0.39, 0.29) is 5.92 Å². The number of hydrogen-bond acceptors (Lipinski definition) is 4. The van der Waals surface area contributed by atoms with E-state index in [1.54, 1.807) is 0 Å². The molecule has 0 amide bonds. The van der Waals surface area contributed by atoms with Crippen LogP contribution in [0.3, 0.4) is 0 Å². The van der Waals surface area contributed by atoms with Gasteiger partial charge in [-0.25, -0.2) is 9.97 Å². The minimum Gasteiger partial charge on any atom is -0.477 e. The van der Waals surface area contributed by atoms with Crippen LogP contribution in [-0.2, 0) is 0 Å². The van der Waals surface area contributed by atoms with Gasteiger partial charge in [-0.1, -0.05) is 34.1 Å². The second-order valence-corrected chi connectivity index (χ2v) is 4.84. The first-order valence-corrected chi connectivity index (χ1v) is 6.29. The Morgan fingerprint density at radius 2 is 2.00 bits per heavy atom. The molecule has 0 spiro atoms. The number of rotatable bonds is 6. The van der Waals surface area contributed by atoms with Gasteiger partial charge in [0.15, 0.2) is 0 Å². The molecule has 0 fully saturated rings. The molecule has 1 aromatic rings. The lowest BCUT2D eigenvalue weighted by Gasteiger charge is -2.16. The van der Waals surface area contributed by atoms with Gasteiger partial charge in [0.25, 0.3) is 0 Å². The van der Waals surface area contributed by atoms with E-state index in [2.05, 4.69) is 37.7 Å². The van der Waals surface area contributed by atoms with Crippen molar-refractivity contribution in [3.8, 4) is 5.88 Å². The number of anilines is 1. The van der Waals surface area contributed by atoms with Crippen molar-refractivity contribution in [2.45, 2.75) is 46.5 Å². The molecule has 1 rings (SSSR count). The van der Waals surface area contributed by atoms with Crippen LogP contribution >= 0.6 is 0 Å². The van der Waals surface area contributed by atoms with Crippen molar-refractivity contribution in [3.63, 3.8) is 0 Å². The molecule has 1 heterocycles. The summed E-state index contributed by atoms with van der Waals surface area (Å²) in [6, 6.07) is 0. The van der Waals surface area contributed by atoms with Crippen LogP contribution in [0.1, 0.15) is 52.0 Å². The molecule has 96 valence electrons.